The van der Waals surface area contributed by atoms with Crippen LogP contribution in [-0.4, -0.2) is 36.2 Å². The molecule has 0 aliphatic carbocycles. The molecule has 164 valence electrons. The van der Waals surface area contributed by atoms with E-state index >= 15 is 0 Å². The number of aliphatic hydroxyl groups is 1. The molecule has 1 amide bonds. The molecule has 1 aliphatic heterocycles. The number of Topliss-reactive ketones (excluding diaryl/α,β-unsaturated/α-hetero) is 1. The van der Waals surface area contributed by atoms with Crippen LogP contribution in [0.15, 0.2) is 58.6 Å². The third-order valence-electron chi connectivity index (χ3n) is 5.15. The number of aryl methyl sites for hydroxylation is 1. The molecule has 1 fully saturated rings. The Kier molecular flexibility index (Phi) is 5.63. The Morgan fingerprint density at radius 3 is 2.34 bits per heavy atom. The largest absolute Gasteiger partial charge is 0.507 e. The van der Waals surface area contributed by atoms with Crippen molar-refractivity contribution in [3.63, 3.8) is 0 Å². The van der Waals surface area contributed by atoms with E-state index in [0.29, 0.717) is 27.8 Å². The number of ether oxygens (including phenoxy) is 2. The monoisotopic (exact) mass is 454 g/mol. The summed E-state index contributed by atoms with van der Waals surface area (Å²) in [4.78, 5) is 27.3. The number of ketones is 1. The van der Waals surface area contributed by atoms with Gasteiger partial charge in [-0.25, -0.2) is 0 Å². The summed E-state index contributed by atoms with van der Waals surface area (Å²) in [6.07, 6.45) is 0. The molecule has 8 nitrogen and oxygen atoms in total. The van der Waals surface area contributed by atoms with Gasteiger partial charge in [0.15, 0.2) is 17.3 Å². The molecule has 1 saturated heterocycles. The summed E-state index contributed by atoms with van der Waals surface area (Å²) < 4.78 is 15.6. The molecular weight excluding hydrogens is 436 g/mol. The van der Waals surface area contributed by atoms with Gasteiger partial charge in [0.2, 0.25) is 0 Å². The van der Waals surface area contributed by atoms with Crippen molar-refractivity contribution in [3.05, 3.63) is 76.0 Å². The van der Waals surface area contributed by atoms with Gasteiger partial charge in [0, 0.05) is 16.7 Å². The van der Waals surface area contributed by atoms with Crippen molar-refractivity contribution in [1.82, 2.24) is 5.16 Å². The number of methoxy groups -OCH3 is 2. The zero-order chi connectivity index (χ0) is 23.0. The molecule has 0 radical (unpaired) electrons. The maximum absolute atomic E-state index is 13.1. The summed E-state index contributed by atoms with van der Waals surface area (Å²) in [7, 11) is 2.95. The summed E-state index contributed by atoms with van der Waals surface area (Å²) in [6, 6.07) is 12.0. The highest BCUT2D eigenvalue weighted by atomic mass is 35.5. The smallest absolute Gasteiger partial charge is 0.301 e. The fraction of sp³-hybridized carbons (Fsp3) is 0.174. The van der Waals surface area contributed by atoms with E-state index in [2.05, 4.69) is 5.16 Å². The van der Waals surface area contributed by atoms with Gasteiger partial charge >= 0.3 is 5.91 Å². The molecule has 1 atom stereocenters. The van der Waals surface area contributed by atoms with E-state index < -0.39 is 17.7 Å². The lowest BCUT2D eigenvalue weighted by molar-refractivity contribution is -0.132. The van der Waals surface area contributed by atoms with E-state index in [1.54, 1.807) is 49.4 Å². The molecule has 1 aliphatic rings. The number of nitrogens with zero attached hydrogens (tertiary/aromatic N) is 2. The van der Waals surface area contributed by atoms with Gasteiger partial charge in [-0.2, -0.15) is 0 Å². The molecule has 0 bridgehead atoms. The number of benzene rings is 2. The normalized spacial score (nSPS) is 17.6. The van der Waals surface area contributed by atoms with Crippen molar-refractivity contribution >= 4 is 34.9 Å². The summed E-state index contributed by atoms with van der Waals surface area (Å²) in [5, 5.41) is 15.6. The average Bonchev–Trinajstić information content (AvgIpc) is 3.34. The van der Waals surface area contributed by atoms with Gasteiger partial charge in [-0.3, -0.25) is 14.5 Å². The highest BCUT2D eigenvalue weighted by Gasteiger charge is 2.48. The van der Waals surface area contributed by atoms with Gasteiger partial charge in [0.25, 0.3) is 5.78 Å². The Labute approximate surface area is 188 Å². The first kappa shape index (κ1) is 21.5. The van der Waals surface area contributed by atoms with Gasteiger partial charge < -0.3 is 19.1 Å². The molecule has 0 unspecified atom stereocenters. The highest BCUT2D eigenvalue weighted by molar-refractivity contribution is 6.51. The molecular formula is C23H19ClN2O6. The first-order valence-corrected chi connectivity index (χ1v) is 9.95. The molecule has 2 aromatic carbocycles. The number of amides is 1. The number of aromatic nitrogens is 1. The summed E-state index contributed by atoms with van der Waals surface area (Å²) in [5.41, 5.74) is 0.762. The molecule has 4 rings (SSSR count). The fourth-order valence-corrected chi connectivity index (χ4v) is 3.76. The minimum atomic E-state index is -0.940. The van der Waals surface area contributed by atoms with Crippen molar-refractivity contribution < 1.29 is 28.7 Å². The third-order valence-corrected chi connectivity index (χ3v) is 5.40. The maximum Gasteiger partial charge on any atom is 0.301 e. The van der Waals surface area contributed by atoms with Crippen LogP contribution in [0.2, 0.25) is 5.02 Å². The van der Waals surface area contributed by atoms with Crippen LogP contribution in [0.3, 0.4) is 0 Å². The second kappa shape index (κ2) is 8.39. The minimum Gasteiger partial charge on any atom is -0.507 e. The molecule has 1 N–H and O–H groups in total. The Bertz CT molecular complexity index is 1230. The van der Waals surface area contributed by atoms with E-state index in [-0.39, 0.29) is 22.7 Å². The van der Waals surface area contributed by atoms with Crippen molar-refractivity contribution in [3.8, 4) is 11.5 Å². The molecule has 2 heterocycles. The third kappa shape index (κ3) is 3.58. The van der Waals surface area contributed by atoms with E-state index in [1.165, 1.54) is 25.2 Å². The topological polar surface area (TPSA) is 102 Å². The first-order chi connectivity index (χ1) is 15.3. The highest BCUT2D eigenvalue weighted by Crippen LogP contribution is 2.42. The predicted octanol–water partition coefficient (Wildman–Crippen LogP) is 4.28. The van der Waals surface area contributed by atoms with Crippen LogP contribution in [0.5, 0.6) is 11.5 Å². The Hall–Kier alpha value is -3.78. The Balaban J connectivity index is 1.93. The lowest BCUT2D eigenvalue weighted by atomic mass is 9.95. The zero-order valence-electron chi connectivity index (χ0n) is 17.5. The van der Waals surface area contributed by atoms with Crippen LogP contribution in [-0.2, 0) is 9.59 Å². The van der Waals surface area contributed by atoms with Gasteiger partial charge in [-0.1, -0.05) is 28.9 Å². The standard InChI is InChI=1S/C23H19ClN2O6/c1-12-10-18(25-32-12)26-20(13-4-7-15(24)8-5-13)19(22(28)23(26)29)21(27)14-6-9-16(30-2)17(11-14)31-3/h4-11,20,27H,1-3H3/t20-/m0/s1. The molecule has 0 spiro atoms. The molecule has 32 heavy (non-hydrogen) atoms. The van der Waals surface area contributed by atoms with Gasteiger partial charge in [0.1, 0.15) is 11.5 Å². The van der Waals surface area contributed by atoms with E-state index in [1.807, 2.05) is 0 Å². The maximum atomic E-state index is 13.1. The van der Waals surface area contributed by atoms with Crippen LogP contribution >= 0.6 is 11.6 Å². The second-order valence-electron chi connectivity index (χ2n) is 7.09. The lowest BCUT2D eigenvalue weighted by Crippen LogP contribution is -2.29. The van der Waals surface area contributed by atoms with Gasteiger partial charge in [-0.05, 0) is 42.8 Å². The van der Waals surface area contributed by atoms with Crippen LogP contribution in [0, 0.1) is 6.92 Å². The molecule has 1 aromatic heterocycles. The van der Waals surface area contributed by atoms with Crippen LogP contribution in [0.1, 0.15) is 22.9 Å². The Morgan fingerprint density at radius 1 is 1.06 bits per heavy atom. The van der Waals surface area contributed by atoms with E-state index in [0.717, 1.165) is 0 Å². The predicted molar refractivity (Wildman–Crippen MR) is 117 cm³/mol. The number of hydrogen-bond acceptors (Lipinski definition) is 7. The lowest BCUT2D eigenvalue weighted by Gasteiger charge is -2.23. The number of hydrogen-bond donors (Lipinski definition) is 1. The summed E-state index contributed by atoms with van der Waals surface area (Å²) in [6.45, 7) is 1.67. The Morgan fingerprint density at radius 2 is 1.75 bits per heavy atom. The zero-order valence-corrected chi connectivity index (χ0v) is 18.2. The number of halogens is 1. The molecule has 9 heteroatoms. The van der Waals surface area contributed by atoms with Gasteiger partial charge in [0.05, 0.1) is 25.8 Å². The number of carbonyl (C=O) groups is 2. The molecule has 3 aromatic rings. The first-order valence-electron chi connectivity index (χ1n) is 9.58. The summed E-state index contributed by atoms with van der Waals surface area (Å²) in [5.74, 6) is -0.588. The number of aliphatic hydroxyl groups excluding tert-OH is 1. The number of rotatable bonds is 5. The minimum absolute atomic E-state index is 0.0924. The van der Waals surface area contributed by atoms with Gasteiger partial charge in [-0.15, -0.1) is 0 Å². The fourth-order valence-electron chi connectivity index (χ4n) is 3.64. The summed E-state index contributed by atoms with van der Waals surface area (Å²) >= 11 is 6.03. The quantitative estimate of drug-likeness (QED) is 0.348. The molecule has 0 saturated carbocycles. The number of carbonyl (C=O) groups excluding carboxylic acids is 2. The van der Waals surface area contributed by atoms with Crippen molar-refractivity contribution in [1.29, 1.82) is 0 Å². The van der Waals surface area contributed by atoms with Crippen LogP contribution in [0.4, 0.5) is 5.82 Å². The van der Waals surface area contributed by atoms with Crippen molar-refractivity contribution in [2.24, 2.45) is 0 Å². The van der Waals surface area contributed by atoms with Crippen LogP contribution in [0.25, 0.3) is 5.76 Å². The average molecular weight is 455 g/mol. The number of anilines is 1. The van der Waals surface area contributed by atoms with E-state index in [9.17, 15) is 14.7 Å². The van der Waals surface area contributed by atoms with Crippen molar-refractivity contribution in [2.45, 2.75) is 13.0 Å². The van der Waals surface area contributed by atoms with Crippen LogP contribution < -0.4 is 14.4 Å². The van der Waals surface area contributed by atoms with E-state index in [4.69, 9.17) is 25.6 Å². The second-order valence-corrected chi connectivity index (χ2v) is 7.52. The van der Waals surface area contributed by atoms with Crippen molar-refractivity contribution in [2.75, 3.05) is 19.1 Å². The SMILES string of the molecule is COc1ccc(C(O)=C2C(=O)C(=O)N(c3cc(C)on3)[C@H]2c2ccc(Cl)cc2)cc1OC.